The van der Waals surface area contributed by atoms with Crippen LogP contribution in [-0.2, 0) is 6.54 Å². The fourth-order valence-corrected chi connectivity index (χ4v) is 3.07. The van der Waals surface area contributed by atoms with Gasteiger partial charge in [-0.2, -0.15) is 0 Å². The summed E-state index contributed by atoms with van der Waals surface area (Å²) in [4.78, 5) is 8.31. The molecule has 0 bridgehead atoms. The normalized spacial score (nSPS) is 26.5. The van der Waals surface area contributed by atoms with Crippen LogP contribution in [0.4, 0.5) is 0 Å². The Morgan fingerprint density at radius 3 is 2.75 bits per heavy atom. The van der Waals surface area contributed by atoms with Crippen molar-refractivity contribution in [3.05, 3.63) is 15.6 Å². The molecule has 16 heavy (non-hydrogen) atoms. The van der Waals surface area contributed by atoms with Crippen LogP contribution in [0.5, 0.6) is 0 Å². The zero-order chi connectivity index (χ0) is 11.7. The van der Waals surface area contributed by atoms with E-state index < -0.39 is 0 Å². The third-order valence-electron chi connectivity index (χ3n) is 3.50. The molecule has 0 radical (unpaired) electrons. The zero-order valence-corrected chi connectivity index (χ0v) is 11.4. The summed E-state index contributed by atoms with van der Waals surface area (Å²) >= 11 is 1.81. The van der Waals surface area contributed by atoms with Crippen molar-refractivity contribution >= 4 is 11.3 Å². The van der Waals surface area contributed by atoms with E-state index in [2.05, 4.69) is 43.0 Å². The molecule has 90 valence electrons. The number of hydrogen-bond donors (Lipinski definition) is 1. The average molecular weight is 239 g/mol. The molecule has 3 nitrogen and oxygen atoms in total. The minimum atomic E-state index is 0.629. The molecule has 1 saturated heterocycles. The molecule has 1 aromatic heterocycles. The Kier molecular flexibility index (Phi) is 3.62. The number of aryl methyl sites for hydroxylation is 2. The van der Waals surface area contributed by atoms with E-state index in [1.54, 1.807) is 0 Å². The SMILES string of the molecule is Cc1nc(CNC2CC(C)N(C)C2)sc1C. The first-order valence-electron chi connectivity index (χ1n) is 5.92. The van der Waals surface area contributed by atoms with Gasteiger partial charge in [-0.25, -0.2) is 4.98 Å². The Hall–Kier alpha value is -0.450. The lowest BCUT2D eigenvalue weighted by Crippen LogP contribution is -2.31. The minimum absolute atomic E-state index is 0.629. The lowest BCUT2D eigenvalue weighted by molar-refractivity contribution is 0.326. The molecule has 1 aromatic rings. The van der Waals surface area contributed by atoms with Gasteiger partial charge >= 0.3 is 0 Å². The van der Waals surface area contributed by atoms with Crippen LogP contribution < -0.4 is 5.32 Å². The maximum absolute atomic E-state index is 4.55. The van der Waals surface area contributed by atoms with Crippen molar-refractivity contribution in [1.82, 2.24) is 15.2 Å². The van der Waals surface area contributed by atoms with Gasteiger partial charge in [0.15, 0.2) is 0 Å². The summed E-state index contributed by atoms with van der Waals surface area (Å²) in [7, 11) is 2.20. The Morgan fingerprint density at radius 1 is 1.50 bits per heavy atom. The van der Waals surface area contributed by atoms with Gasteiger partial charge in [-0.1, -0.05) is 0 Å². The topological polar surface area (TPSA) is 28.2 Å². The number of thiazole rings is 1. The molecule has 0 aliphatic carbocycles. The number of nitrogens with zero attached hydrogens (tertiary/aromatic N) is 2. The number of nitrogens with one attached hydrogen (secondary N) is 1. The zero-order valence-electron chi connectivity index (χ0n) is 10.6. The predicted molar refractivity (Wildman–Crippen MR) is 68.9 cm³/mol. The van der Waals surface area contributed by atoms with Gasteiger partial charge < -0.3 is 10.2 Å². The van der Waals surface area contributed by atoms with Crippen LogP contribution in [0.2, 0.25) is 0 Å². The highest BCUT2D eigenvalue weighted by atomic mass is 32.1. The summed E-state index contributed by atoms with van der Waals surface area (Å²) in [5.74, 6) is 0. The van der Waals surface area contributed by atoms with Crippen molar-refractivity contribution < 1.29 is 0 Å². The van der Waals surface area contributed by atoms with Gasteiger partial charge in [0.05, 0.1) is 5.69 Å². The van der Waals surface area contributed by atoms with Gasteiger partial charge in [-0.15, -0.1) is 11.3 Å². The van der Waals surface area contributed by atoms with E-state index in [-0.39, 0.29) is 0 Å². The molecule has 1 aliphatic heterocycles. The maximum atomic E-state index is 4.55. The molecular formula is C12H21N3S. The summed E-state index contributed by atoms with van der Waals surface area (Å²) in [6.07, 6.45) is 1.25. The molecule has 1 fully saturated rings. The second-order valence-corrected chi connectivity index (χ2v) is 6.14. The van der Waals surface area contributed by atoms with Crippen molar-refractivity contribution in [2.24, 2.45) is 0 Å². The van der Waals surface area contributed by atoms with E-state index in [4.69, 9.17) is 0 Å². The number of hydrogen-bond acceptors (Lipinski definition) is 4. The molecule has 0 saturated carbocycles. The molecule has 2 atom stereocenters. The van der Waals surface area contributed by atoms with Crippen molar-refractivity contribution in [2.75, 3.05) is 13.6 Å². The third-order valence-corrected chi connectivity index (χ3v) is 4.57. The Bertz CT molecular complexity index is 332. The van der Waals surface area contributed by atoms with E-state index >= 15 is 0 Å². The van der Waals surface area contributed by atoms with Gasteiger partial charge in [0, 0.05) is 30.1 Å². The molecule has 1 aliphatic rings. The summed E-state index contributed by atoms with van der Waals surface area (Å²) in [5.41, 5.74) is 1.18. The van der Waals surface area contributed by atoms with Crippen molar-refractivity contribution in [1.29, 1.82) is 0 Å². The van der Waals surface area contributed by atoms with Gasteiger partial charge in [0.25, 0.3) is 0 Å². The number of likely N-dealkylation sites (N-methyl/N-ethyl adjacent to an activating group) is 1. The lowest BCUT2D eigenvalue weighted by Gasteiger charge is -2.12. The molecule has 0 spiro atoms. The minimum Gasteiger partial charge on any atom is -0.306 e. The highest BCUT2D eigenvalue weighted by Gasteiger charge is 2.25. The van der Waals surface area contributed by atoms with Crippen LogP contribution in [-0.4, -0.2) is 35.6 Å². The lowest BCUT2D eigenvalue weighted by atomic mass is 10.2. The van der Waals surface area contributed by atoms with Crippen molar-refractivity contribution in [3.8, 4) is 0 Å². The van der Waals surface area contributed by atoms with Crippen LogP contribution in [0, 0.1) is 13.8 Å². The molecule has 2 rings (SSSR count). The maximum Gasteiger partial charge on any atom is 0.107 e. The summed E-state index contributed by atoms with van der Waals surface area (Å²) in [6, 6.07) is 1.33. The summed E-state index contributed by atoms with van der Waals surface area (Å²) in [5, 5.41) is 4.83. The second-order valence-electron chi connectivity index (χ2n) is 4.85. The van der Waals surface area contributed by atoms with Gasteiger partial charge in [0.1, 0.15) is 5.01 Å². The Labute approximate surface area is 102 Å². The molecule has 2 heterocycles. The fraction of sp³-hybridized carbons (Fsp3) is 0.750. The number of likely N-dealkylation sites (tertiary alicyclic amines) is 1. The Balaban J connectivity index is 1.84. The predicted octanol–water partition coefficient (Wildman–Crippen LogP) is 1.94. The summed E-state index contributed by atoms with van der Waals surface area (Å²) in [6.45, 7) is 8.59. The van der Waals surface area contributed by atoms with Crippen molar-refractivity contribution in [2.45, 2.75) is 45.8 Å². The molecule has 0 aromatic carbocycles. The molecule has 0 amide bonds. The standard InChI is InChI=1S/C12H21N3S/c1-8-5-11(7-15(8)4)13-6-12-14-9(2)10(3)16-12/h8,11,13H,5-7H2,1-4H3. The van der Waals surface area contributed by atoms with E-state index in [1.165, 1.54) is 22.0 Å². The monoisotopic (exact) mass is 239 g/mol. The molecule has 4 heteroatoms. The van der Waals surface area contributed by atoms with Gasteiger partial charge in [-0.3, -0.25) is 0 Å². The Morgan fingerprint density at radius 2 is 2.25 bits per heavy atom. The number of aromatic nitrogens is 1. The average Bonchev–Trinajstić information content (AvgIpc) is 2.70. The van der Waals surface area contributed by atoms with Crippen molar-refractivity contribution in [3.63, 3.8) is 0 Å². The number of rotatable bonds is 3. The van der Waals surface area contributed by atoms with Crippen LogP contribution in [0.25, 0.3) is 0 Å². The second kappa shape index (κ2) is 4.82. The van der Waals surface area contributed by atoms with Crippen LogP contribution in [0.3, 0.4) is 0 Å². The van der Waals surface area contributed by atoms with E-state index in [9.17, 15) is 0 Å². The first kappa shape index (κ1) is 12.0. The first-order valence-corrected chi connectivity index (χ1v) is 6.74. The van der Waals surface area contributed by atoms with E-state index in [0.29, 0.717) is 12.1 Å². The van der Waals surface area contributed by atoms with Crippen LogP contribution in [0.1, 0.15) is 28.9 Å². The largest absolute Gasteiger partial charge is 0.306 e. The fourth-order valence-electron chi connectivity index (χ4n) is 2.19. The van der Waals surface area contributed by atoms with Gasteiger partial charge in [0.2, 0.25) is 0 Å². The highest BCUT2D eigenvalue weighted by molar-refractivity contribution is 7.11. The first-order chi connectivity index (χ1) is 7.56. The molecule has 1 N–H and O–H groups in total. The quantitative estimate of drug-likeness (QED) is 0.874. The highest BCUT2D eigenvalue weighted by Crippen LogP contribution is 2.18. The van der Waals surface area contributed by atoms with Gasteiger partial charge in [-0.05, 0) is 34.2 Å². The molecule has 2 unspecified atom stereocenters. The summed E-state index contributed by atoms with van der Waals surface area (Å²) < 4.78 is 0. The third kappa shape index (κ3) is 2.62. The van der Waals surface area contributed by atoms with E-state index in [1.807, 2.05) is 11.3 Å². The smallest absolute Gasteiger partial charge is 0.107 e. The van der Waals surface area contributed by atoms with Crippen LogP contribution in [0.15, 0.2) is 0 Å². The molecular weight excluding hydrogens is 218 g/mol. The van der Waals surface area contributed by atoms with Crippen LogP contribution >= 0.6 is 11.3 Å². The van der Waals surface area contributed by atoms with E-state index in [0.717, 1.165) is 13.1 Å².